The molecule has 8 heteroatoms. The van der Waals surface area contributed by atoms with Crippen molar-refractivity contribution in [3.8, 4) is 0 Å². The molecule has 4 N–H and O–H groups in total. The zero-order chi connectivity index (χ0) is 18.7. The van der Waals surface area contributed by atoms with Crippen LogP contribution in [0.5, 0.6) is 0 Å². The lowest BCUT2D eigenvalue weighted by Gasteiger charge is -2.27. The third-order valence-electron chi connectivity index (χ3n) is 4.93. The van der Waals surface area contributed by atoms with Crippen molar-refractivity contribution in [3.63, 3.8) is 0 Å². The van der Waals surface area contributed by atoms with Crippen LogP contribution in [0.2, 0.25) is 0 Å². The predicted molar refractivity (Wildman–Crippen MR) is 96.3 cm³/mol. The molecule has 0 radical (unpaired) electrons. The van der Waals surface area contributed by atoms with Crippen LogP contribution in [0.25, 0.3) is 10.9 Å². The lowest BCUT2D eigenvalue weighted by molar-refractivity contribution is -0.0857. The molecule has 1 aliphatic rings. The van der Waals surface area contributed by atoms with E-state index < -0.39 is 11.7 Å². The lowest BCUT2D eigenvalue weighted by atomic mass is 9.86. The number of anilines is 1. The number of allylic oxidation sites excluding steroid dienone is 1. The van der Waals surface area contributed by atoms with Crippen LogP contribution in [0.1, 0.15) is 31.7 Å². The minimum absolute atomic E-state index is 0.290. The third-order valence-corrected chi connectivity index (χ3v) is 4.93. The highest BCUT2D eigenvalue weighted by atomic mass is 19.4. The van der Waals surface area contributed by atoms with E-state index in [0.717, 1.165) is 49.3 Å². The SMILES string of the molecule is N=C/C(=C\Nc1ccc2cn(C3CCC(CN)CC3)nc2c1)C(F)(F)F. The van der Waals surface area contributed by atoms with E-state index in [2.05, 4.69) is 10.4 Å². The zero-order valence-electron chi connectivity index (χ0n) is 14.3. The first kappa shape index (κ1) is 18.4. The summed E-state index contributed by atoms with van der Waals surface area (Å²) in [6, 6.07) is 5.59. The van der Waals surface area contributed by atoms with Gasteiger partial charge in [-0.2, -0.15) is 18.3 Å². The first-order valence-corrected chi connectivity index (χ1v) is 8.64. The minimum Gasteiger partial charge on any atom is -0.361 e. The summed E-state index contributed by atoms with van der Waals surface area (Å²) >= 11 is 0. The van der Waals surface area contributed by atoms with Crippen LogP contribution in [-0.4, -0.2) is 28.7 Å². The topological polar surface area (TPSA) is 79.7 Å². The van der Waals surface area contributed by atoms with Crippen molar-refractivity contribution >= 4 is 22.8 Å². The smallest absolute Gasteiger partial charge is 0.361 e. The molecule has 0 unspecified atom stereocenters. The molecule has 1 aromatic carbocycles. The lowest BCUT2D eigenvalue weighted by Crippen LogP contribution is -2.23. The Kier molecular flexibility index (Phi) is 5.31. The van der Waals surface area contributed by atoms with E-state index in [0.29, 0.717) is 17.6 Å². The molecule has 140 valence electrons. The largest absolute Gasteiger partial charge is 0.419 e. The van der Waals surface area contributed by atoms with Crippen molar-refractivity contribution in [2.24, 2.45) is 11.7 Å². The van der Waals surface area contributed by atoms with Gasteiger partial charge in [-0.3, -0.25) is 4.68 Å². The molecular formula is C18H22F3N5. The number of nitrogens with one attached hydrogen (secondary N) is 2. The van der Waals surface area contributed by atoms with Crippen LogP contribution in [0.3, 0.4) is 0 Å². The fraction of sp³-hybridized carbons (Fsp3) is 0.444. The van der Waals surface area contributed by atoms with E-state index in [1.54, 1.807) is 12.1 Å². The molecule has 0 spiro atoms. The predicted octanol–water partition coefficient (Wildman–Crippen LogP) is 4.23. The number of hydrogen-bond acceptors (Lipinski definition) is 4. The van der Waals surface area contributed by atoms with Gasteiger partial charge in [-0.15, -0.1) is 0 Å². The van der Waals surface area contributed by atoms with E-state index in [9.17, 15) is 13.2 Å². The second-order valence-electron chi connectivity index (χ2n) is 6.68. The number of alkyl halides is 3. The van der Waals surface area contributed by atoms with Gasteiger partial charge in [0.2, 0.25) is 0 Å². The molecule has 1 heterocycles. The molecule has 0 atom stereocenters. The Hall–Kier alpha value is -2.35. The monoisotopic (exact) mass is 365 g/mol. The maximum atomic E-state index is 12.7. The fourth-order valence-electron chi connectivity index (χ4n) is 3.32. The summed E-state index contributed by atoms with van der Waals surface area (Å²) < 4.78 is 39.9. The van der Waals surface area contributed by atoms with Gasteiger partial charge in [0.1, 0.15) is 0 Å². The number of nitrogens with zero attached hydrogens (tertiary/aromatic N) is 2. The standard InChI is InChI=1S/C18H22F3N5/c19-18(20,21)14(9-23)10-24-15-4-3-13-11-26(25-17(13)7-15)16-5-1-12(8-22)2-6-16/h3-4,7,9-12,16,23-24H,1-2,5-6,8,22H2/b14-10+,23-9?. The minimum atomic E-state index is -4.55. The average molecular weight is 365 g/mol. The molecule has 2 aromatic rings. The summed E-state index contributed by atoms with van der Waals surface area (Å²) in [7, 11) is 0. The molecule has 3 rings (SSSR count). The molecule has 1 aliphatic carbocycles. The molecule has 0 bridgehead atoms. The van der Waals surface area contributed by atoms with Gasteiger partial charge in [0.25, 0.3) is 0 Å². The van der Waals surface area contributed by atoms with Gasteiger partial charge in [-0.1, -0.05) is 0 Å². The van der Waals surface area contributed by atoms with Crippen molar-refractivity contribution in [1.29, 1.82) is 5.41 Å². The third kappa shape index (κ3) is 4.07. The Labute approximate surface area is 149 Å². The number of fused-ring (bicyclic) bond motifs is 1. The zero-order valence-corrected chi connectivity index (χ0v) is 14.3. The van der Waals surface area contributed by atoms with Crippen LogP contribution in [-0.2, 0) is 0 Å². The summed E-state index contributed by atoms with van der Waals surface area (Å²) in [5.41, 5.74) is 5.92. The number of aromatic nitrogens is 2. The van der Waals surface area contributed by atoms with Crippen LogP contribution >= 0.6 is 0 Å². The van der Waals surface area contributed by atoms with Gasteiger partial charge in [-0.05, 0) is 56.3 Å². The summed E-state index contributed by atoms with van der Waals surface area (Å²) in [4.78, 5) is 0. The second kappa shape index (κ2) is 7.49. The Bertz CT molecular complexity index is 801. The van der Waals surface area contributed by atoms with Crippen molar-refractivity contribution in [3.05, 3.63) is 36.2 Å². The first-order valence-electron chi connectivity index (χ1n) is 8.64. The molecule has 1 saturated carbocycles. The highest BCUT2D eigenvalue weighted by Gasteiger charge is 2.32. The molecule has 1 aromatic heterocycles. The van der Waals surface area contributed by atoms with Gasteiger partial charge in [0, 0.05) is 29.7 Å². The van der Waals surface area contributed by atoms with Gasteiger partial charge >= 0.3 is 6.18 Å². The highest BCUT2D eigenvalue weighted by Crippen LogP contribution is 2.32. The van der Waals surface area contributed by atoms with Crippen molar-refractivity contribution < 1.29 is 13.2 Å². The molecule has 26 heavy (non-hydrogen) atoms. The fourth-order valence-corrected chi connectivity index (χ4v) is 3.32. The molecule has 0 amide bonds. The van der Waals surface area contributed by atoms with Crippen molar-refractivity contribution in [1.82, 2.24) is 9.78 Å². The first-order chi connectivity index (χ1) is 12.4. The van der Waals surface area contributed by atoms with E-state index in [-0.39, 0.29) is 6.21 Å². The summed E-state index contributed by atoms with van der Waals surface area (Å²) in [6.45, 7) is 0.728. The van der Waals surface area contributed by atoms with Crippen LogP contribution in [0.4, 0.5) is 18.9 Å². The van der Waals surface area contributed by atoms with Crippen LogP contribution in [0, 0.1) is 11.3 Å². The van der Waals surface area contributed by atoms with E-state index in [1.165, 1.54) is 0 Å². The Morgan fingerprint density at radius 1 is 1.31 bits per heavy atom. The summed E-state index contributed by atoms with van der Waals surface area (Å²) in [5.74, 6) is 0.593. The molecule has 0 saturated heterocycles. The second-order valence-corrected chi connectivity index (χ2v) is 6.68. The Balaban J connectivity index is 1.75. The summed E-state index contributed by atoms with van der Waals surface area (Å²) in [5, 5.41) is 15.0. The summed E-state index contributed by atoms with van der Waals surface area (Å²) in [6.07, 6.45) is 2.79. The van der Waals surface area contributed by atoms with Crippen molar-refractivity contribution in [2.75, 3.05) is 11.9 Å². The van der Waals surface area contributed by atoms with Gasteiger partial charge in [0.15, 0.2) is 0 Å². The quantitative estimate of drug-likeness (QED) is 0.694. The van der Waals surface area contributed by atoms with Gasteiger partial charge in [0.05, 0.1) is 17.1 Å². The number of benzene rings is 1. The molecule has 0 aliphatic heterocycles. The van der Waals surface area contributed by atoms with E-state index in [1.807, 2.05) is 16.9 Å². The van der Waals surface area contributed by atoms with Crippen LogP contribution in [0.15, 0.2) is 36.2 Å². The van der Waals surface area contributed by atoms with Gasteiger partial charge < -0.3 is 16.5 Å². The van der Waals surface area contributed by atoms with Crippen LogP contribution < -0.4 is 11.1 Å². The number of halogens is 3. The maximum absolute atomic E-state index is 12.7. The number of nitrogens with two attached hydrogens (primary N) is 1. The van der Waals surface area contributed by atoms with E-state index in [4.69, 9.17) is 11.1 Å². The number of hydrogen-bond donors (Lipinski definition) is 3. The van der Waals surface area contributed by atoms with Crippen molar-refractivity contribution in [2.45, 2.75) is 37.9 Å². The average Bonchev–Trinajstić information content (AvgIpc) is 3.04. The maximum Gasteiger partial charge on any atom is 0.419 e. The van der Waals surface area contributed by atoms with Gasteiger partial charge in [-0.25, -0.2) is 0 Å². The molecular weight excluding hydrogens is 343 g/mol. The Morgan fingerprint density at radius 3 is 2.65 bits per heavy atom. The normalized spacial score (nSPS) is 21.8. The molecule has 1 fully saturated rings. The van der Waals surface area contributed by atoms with E-state index >= 15 is 0 Å². The molecule has 5 nitrogen and oxygen atoms in total. The highest BCUT2D eigenvalue weighted by molar-refractivity contribution is 5.83. The Morgan fingerprint density at radius 2 is 2.04 bits per heavy atom. The number of rotatable bonds is 5.